The minimum Gasteiger partial charge on any atom is -0.378 e. The summed E-state index contributed by atoms with van der Waals surface area (Å²) in [5, 5.41) is 0. The molecule has 0 radical (unpaired) electrons. The second-order valence-electron chi connectivity index (χ2n) is 7.56. The molecule has 1 aromatic rings. The zero-order valence-electron chi connectivity index (χ0n) is 13.7. The van der Waals surface area contributed by atoms with Crippen molar-refractivity contribution in [2.45, 2.75) is 33.6 Å². The molecule has 2 fully saturated rings. The Balaban J connectivity index is 1.96. The highest BCUT2D eigenvalue weighted by molar-refractivity contribution is 6.07. The molecule has 0 aliphatic heterocycles. The van der Waals surface area contributed by atoms with Crippen molar-refractivity contribution >= 4 is 17.5 Å². The lowest BCUT2D eigenvalue weighted by molar-refractivity contribution is -0.125. The zero-order chi connectivity index (χ0) is 15.4. The molecular formula is C19H25NO. The van der Waals surface area contributed by atoms with Crippen LogP contribution in [0.5, 0.6) is 0 Å². The molecule has 1 aromatic carbocycles. The average molecular weight is 283 g/mol. The number of rotatable bonds is 2. The number of nitrogens with zero attached hydrogens (tertiary/aromatic N) is 1. The maximum absolute atomic E-state index is 12.8. The van der Waals surface area contributed by atoms with Gasteiger partial charge in [-0.1, -0.05) is 32.9 Å². The number of ketones is 1. The van der Waals surface area contributed by atoms with Crippen LogP contribution in [0.25, 0.3) is 6.08 Å². The Bertz CT molecular complexity index is 609. The van der Waals surface area contributed by atoms with Crippen LogP contribution in [0.1, 0.15) is 39.2 Å². The van der Waals surface area contributed by atoms with E-state index in [1.54, 1.807) is 0 Å². The third-order valence-electron chi connectivity index (χ3n) is 6.10. The molecule has 21 heavy (non-hydrogen) atoms. The molecule has 0 saturated heterocycles. The number of fused-ring (bicyclic) bond motifs is 2. The maximum atomic E-state index is 12.8. The van der Waals surface area contributed by atoms with Gasteiger partial charge in [-0.3, -0.25) is 4.79 Å². The molecular weight excluding hydrogens is 258 g/mol. The highest BCUT2D eigenvalue weighted by Crippen LogP contribution is 2.65. The van der Waals surface area contributed by atoms with Crippen LogP contribution in [-0.2, 0) is 4.79 Å². The second kappa shape index (κ2) is 4.46. The van der Waals surface area contributed by atoms with E-state index in [-0.39, 0.29) is 10.8 Å². The van der Waals surface area contributed by atoms with Crippen molar-refractivity contribution < 1.29 is 4.79 Å². The van der Waals surface area contributed by atoms with E-state index >= 15 is 0 Å². The van der Waals surface area contributed by atoms with E-state index in [1.807, 2.05) is 14.1 Å². The standard InChI is InChI=1S/C19H25NO/c1-18(2)16-10-11-19(18,3)17(21)15(16)12-13-6-8-14(9-7-13)20(4)5/h6-9,12,16H,10-11H2,1-5H3/b15-12+/t16-,19+/m1/s1. The predicted molar refractivity (Wildman–Crippen MR) is 88.4 cm³/mol. The first-order chi connectivity index (χ1) is 9.77. The topological polar surface area (TPSA) is 20.3 Å². The van der Waals surface area contributed by atoms with Crippen LogP contribution in [0.4, 0.5) is 5.69 Å². The number of carbonyl (C=O) groups excluding carboxylic acids is 1. The van der Waals surface area contributed by atoms with Gasteiger partial charge in [-0.15, -0.1) is 0 Å². The van der Waals surface area contributed by atoms with E-state index < -0.39 is 0 Å². The van der Waals surface area contributed by atoms with Crippen molar-refractivity contribution in [1.29, 1.82) is 0 Å². The first-order valence-corrected chi connectivity index (χ1v) is 7.81. The fraction of sp³-hybridized carbons (Fsp3) is 0.526. The Morgan fingerprint density at radius 2 is 1.76 bits per heavy atom. The third kappa shape index (κ3) is 1.88. The van der Waals surface area contributed by atoms with Crippen LogP contribution in [0, 0.1) is 16.7 Å². The molecule has 3 rings (SSSR count). The lowest BCUT2D eigenvalue weighted by Crippen LogP contribution is -2.32. The number of benzene rings is 1. The lowest BCUT2D eigenvalue weighted by atomic mass is 9.70. The zero-order valence-corrected chi connectivity index (χ0v) is 13.7. The summed E-state index contributed by atoms with van der Waals surface area (Å²) < 4.78 is 0. The fourth-order valence-corrected chi connectivity index (χ4v) is 4.14. The van der Waals surface area contributed by atoms with Gasteiger partial charge in [0, 0.05) is 25.2 Å². The van der Waals surface area contributed by atoms with E-state index in [0.29, 0.717) is 11.7 Å². The molecule has 2 atom stereocenters. The monoisotopic (exact) mass is 283 g/mol. The Hall–Kier alpha value is -1.57. The van der Waals surface area contributed by atoms with Gasteiger partial charge < -0.3 is 4.90 Å². The normalized spacial score (nSPS) is 32.0. The summed E-state index contributed by atoms with van der Waals surface area (Å²) in [5.74, 6) is 0.795. The maximum Gasteiger partial charge on any atom is 0.165 e. The van der Waals surface area contributed by atoms with E-state index in [2.05, 4.69) is 56.0 Å². The highest BCUT2D eigenvalue weighted by atomic mass is 16.1. The van der Waals surface area contributed by atoms with Crippen molar-refractivity contribution in [3.63, 3.8) is 0 Å². The third-order valence-corrected chi connectivity index (χ3v) is 6.10. The Labute approximate surface area is 127 Å². The van der Waals surface area contributed by atoms with Gasteiger partial charge in [0.15, 0.2) is 5.78 Å². The molecule has 2 nitrogen and oxygen atoms in total. The van der Waals surface area contributed by atoms with Crippen molar-refractivity contribution in [2.75, 3.05) is 19.0 Å². The van der Waals surface area contributed by atoms with Crippen LogP contribution in [0.2, 0.25) is 0 Å². The van der Waals surface area contributed by atoms with Crippen LogP contribution >= 0.6 is 0 Å². The molecule has 0 amide bonds. The Morgan fingerprint density at radius 3 is 2.24 bits per heavy atom. The summed E-state index contributed by atoms with van der Waals surface area (Å²) in [6.45, 7) is 6.68. The number of hydrogen-bond acceptors (Lipinski definition) is 2. The summed E-state index contributed by atoms with van der Waals surface area (Å²) in [6, 6.07) is 8.43. The van der Waals surface area contributed by atoms with Crippen LogP contribution in [-0.4, -0.2) is 19.9 Å². The number of allylic oxidation sites excluding steroid dienone is 1. The van der Waals surface area contributed by atoms with Crippen molar-refractivity contribution in [3.05, 3.63) is 35.4 Å². The molecule has 0 spiro atoms. The highest BCUT2D eigenvalue weighted by Gasteiger charge is 2.63. The van der Waals surface area contributed by atoms with E-state index in [9.17, 15) is 4.79 Å². The molecule has 2 aliphatic rings. The SMILES string of the molecule is CN(C)c1ccc(/C=C2/C(=O)[C@]3(C)CC[C@H]2C3(C)C)cc1. The smallest absolute Gasteiger partial charge is 0.165 e. The Morgan fingerprint density at radius 1 is 1.14 bits per heavy atom. The summed E-state index contributed by atoms with van der Waals surface area (Å²) in [5.41, 5.74) is 3.30. The average Bonchev–Trinajstić information content (AvgIpc) is 2.74. The molecule has 2 saturated carbocycles. The van der Waals surface area contributed by atoms with Crippen LogP contribution in [0.3, 0.4) is 0 Å². The minimum atomic E-state index is -0.160. The minimum absolute atomic E-state index is 0.0967. The first-order valence-electron chi connectivity index (χ1n) is 7.81. The number of carbonyl (C=O) groups is 1. The van der Waals surface area contributed by atoms with Crippen molar-refractivity contribution in [3.8, 4) is 0 Å². The van der Waals surface area contributed by atoms with Gasteiger partial charge in [-0.2, -0.15) is 0 Å². The number of anilines is 1. The Kier molecular flexibility index (Phi) is 3.05. The van der Waals surface area contributed by atoms with Gasteiger partial charge in [-0.05, 0) is 53.5 Å². The first kappa shape index (κ1) is 14.4. The lowest BCUT2D eigenvalue weighted by Gasteiger charge is -2.31. The quantitative estimate of drug-likeness (QED) is 0.760. The van der Waals surface area contributed by atoms with Gasteiger partial charge in [0.2, 0.25) is 0 Å². The summed E-state index contributed by atoms with van der Waals surface area (Å²) in [4.78, 5) is 14.9. The molecule has 0 N–H and O–H groups in total. The van der Waals surface area contributed by atoms with Crippen LogP contribution in [0.15, 0.2) is 29.8 Å². The fourth-order valence-electron chi connectivity index (χ4n) is 4.14. The molecule has 0 heterocycles. The molecule has 2 aliphatic carbocycles. The van der Waals surface area contributed by atoms with Crippen molar-refractivity contribution in [2.24, 2.45) is 16.7 Å². The second-order valence-corrected chi connectivity index (χ2v) is 7.56. The van der Waals surface area contributed by atoms with Gasteiger partial charge in [0.05, 0.1) is 0 Å². The molecule has 0 aromatic heterocycles. The molecule has 2 heteroatoms. The largest absolute Gasteiger partial charge is 0.378 e. The van der Waals surface area contributed by atoms with Crippen LogP contribution < -0.4 is 4.90 Å². The van der Waals surface area contributed by atoms with E-state index in [4.69, 9.17) is 0 Å². The summed E-state index contributed by atoms with van der Waals surface area (Å²) >= 11 is 0. The van der Waals surface area contributed by atoms with Gasteiger partial charge in [0.1, 0.15) is 0 Å². The molecule has 112 valence electrons. The molecule has 2 bridgehead atoms. The summed E-state index contributed by atoms with van der Waals surface area (Å²) in [6.07, 6.45) is 4.32. The van der Waals surface area contributed by atoms with E-state index in [1.165, 1.54) is 5.69 Å². The van der Waals surface area contributed by atoms with Gasteiger partial charge >= 0.3 is 0 Å². The van der Waals surface area contributed by atoms with Gasteiger partial charge in [-0.25, -0.2) is 0 Å². The predicted octanol–water partition coefficient (Wildman–Crippen LogP) is 4.16. The number of hydrogen-bond donors (Lipinski definition) is 0. The summed E-state index contributed by atoms with van der Waals surface area (Å²) in [7, 11) is 4.08. The van der Waals surface area contributed by atoms with E-state index in [0.717, 1.165) is 24.0 Å². The number of Topliss-reactive ketones (excluding diaryl/α,β-unsaturated/α-hetero) is 1. The molecule has 0 unspecified atom stereocenters. The van der Waals surface area contributed by atoms with Gasteiger partial charge in [0.25, 0.3) is 0 Å². The van der Waals surface area contributed by atoms with Crippen molar-refractivity contribution in [1.82, 2.24) is 0 Å².